The summed E-state index contributed by atoms with van der Waals surface area (Å²) in [4.78, 5) is 0. The van der Waals surface area contributed by atoms with E-state index in [2.05, 4.69) is 5.10 Å². The Kier molecular flexibility index (Phi) is 3.89. The first-order valence-corrected chi connectivity index (χ1v) is 9.33. The molecule has 27 heavy (non-hydrogen) atoms. The van der Waals surface area contributed by atoms with Gasteiger partial charge in [-0.2, -0.15) is 18.3 Å². The second-order valence-corrected chi connectivity index (χ2v) is 7.49. The highest BCUT2D eigenvalue weighted by atomic mass is 32.2. The highest BCUT2D eigenvalue weighted by molar-refractivity contribution is 7.88. The number of benzene rings is 2. The third-order valence-corrected chi connectivity index (χ3v) is 4.46. The number of aryl methyl sites for hydroxylation is 1. The lowest BCUT2D eigenvalue weighted by atomic mass is 10.1. The smallest absolute Gasteiger partial charge is 0.233 e. The number of rotatable bonds is 4. The first-order valence-electron chi connectivity index (χ1n) is 9.12. The molecule has 142 valence electrons. The summed E-state index contributed by atoms with van der Waals surface area (Å²) in [5.41, 5.74) is -0.00320. The van der Waals surface area contributed by atoms with Crippen molar-refractivity contribution in [2.75, 3.05) is 0 Å². The highest BCUT2D eigenvalue weighted by Gasteiger charge is 2.35. The Balaban J connectivity index is 2.07. The minimum atomic E-state index is -4.69. The second-order valence-electron chi connectivity index (χ2n) is 5.88. The van der Waals surface area contributed by atoms with Crippen LogP contribution in [-0.2, 0) is 22.0 Å². The maximum absolute atomic E-state index is 13.3. The van der Waals surface area contributed by atoms with Gasteiger partial charge in [-0.25, -0.2) is 18.2 Å². The maximum atomic E-state index is 13.3. The van der Waals surface area contributed by atoms with Crippen LogP contribution in [0.25, 0.3) is 16.9 Å². The zero-order valence-corrected chi connectivity index (χ0v) is 14.6. The Morgan fingerprint density at radius 1 is 1.11 bits per heavy atom. The summed E-state index contributed by atoms with van der Waals surface area (Å²) in [5.74, 6) is -0.413. The number of alkyl halides is 3. The van der Waals surface area contributed by atoms with Crippen LogP contribution in [0, 0.1) is 6.85 Å². The average Bonchev–Trinajstić information content (AvgIpc) is 3.06. The molecule has 5 nitrogen and oxygen atoms in total. The SMILES string of the molecule is [2H]C([2H])([2H])c1ccc(-c2cc(C(F)(F)F)nn2-c2ccc(CS(N)(=O)=O)cc2)cc1. The van der Waals surface area contributed by atoms with Crippen LogP contribution in [-0.4, -0.2) is 18.2 Å². The number of halogens is 3. The van der Waals surface area contributed by atoms with E-state index in [1.165, 1.54) is 48.5 Å². The summed E-state index contributed by atoms with van der Waals surface area (Å²) in [5, 5.41) is 8.64. The molecule has 2 aromatic carbocycles. The van der Waals surface area contributed by atoms with Crippen LogP contribution in [0.4, 0.5) is 13.2 Å². The van der Waals surface area contributed by atoms with Gasteiger partial charge in [0.2, 0.25) is 10.0 Å². The predicted molar refractivity (Wildman–Crippen MR) is 95.6 cm³/mol. The summed E-state index contributed by atoms with van der Waals surface area (Å²) in [6.07, 6.45) is -4.69. The van der Waals surface area contributed by atoms with Crippen molar-refractivity contribution in [2.24, 2.45) is 5.14 Å². The van der Waals surface area contributed by atoms with Crippen LogP contribution >= 0.6 is 0 Å². The van der Waals surface area contributed by atoms with Crippen molar-refractivity contribution in [1.29, 1.82) is 0 Å². The molecule has 0 saturated carbocycles. The monoisotopic (exact) mass is 398 g/mol. The molecule has 0 aliphatic carbocycles. The molecule has 3 rings (SSSR count). The molecule has 0 saturated heterocycles. The summed E-state index contributed by atoms with van der Waals surface area (Å²) in [6, 6.07) is 12.0. The number of nitrogens with zero attached hydrogens (tertiary/aromatic N) is 2. The van der Waals surface area contributed by atoms with Crippen LogP contribution in [0.2, 0.25) is 0 Å². The van der Waals surface area contributed by atoms with E-state index in [0.717, 1.165) is 10.7 Å². The Morgan fingerprint density at radius 3 is 2.26 bits per heavy atom. The van der Waals surface area contributed by atoms with Crippen LogP contribution < -0.4 is 5.14 Å². The van der Waals surface area contributed by atoms with Crippen molar-refractivity contribution in [2.45, 2.75) is 18.8 Å². The van der Waals surface area contributed by atoms with Gasteiger partial charge in [0.1, 0.15) is 0 Å². The first-order chi connectivity index (χ1) is 13.7. The number of primary sulfonamides is 1. The summed E-state index contributed by atoms with van der Waals surface area (Å²) in [6.45, 7) is -2.34. The topological polar surface area (TPSA) is 78.0 Å². The van der Waals surface area contributed by atoms with Gasteiger partial charge >= 0.3 is 6.18 Å². The number of nitrogens with two attached hydrogens (primary N) is 1. The number of aromatic nitrogens is 2. The zero-order valence-electron chi connectivity index (χ0n) is 16.7. The standard InChI is InChI=1S/C18H16F3N3O2S/c1-12-2-6-14(7-3-12)16-10-17(18(19,20)21)23-24(16)15-8-4-13(5-9-15)11-27(22,25)26/h2-10H,11H2,1H3,(H2,22,25,26)/i1D3. The lowest BCUT2D eigenvalue weighted by Gasteiger charge is -2.09. The quantitative estimate of drug-likeness (QED) is 0.729. The summed E-state index contributed by atoms with van der Waals surface area (Å²) >= 11 is 0. The van der Waals surface area contributed by atoms with Crippen molar-refractivity contribution < 1.29 is 25.7 Å². The van der Waals surface area contributed by atoms with E-state index in [1.807, 2.05) is 0 Å². The molecule has 0 radical (unpaired) electrons. The normalized spacial score (nSPS) is 14.4. The molecule has 0 bridgehead atoms. The molecule has 0 amide bonds. The van der Waals surface area contributed by atoms with Gasteiger partial charge in [-0.15, -0.1) is 0 Å². The molecule has 0 fully saturated rings. The molecule has 3 aromatic rings. The third-order valence-electron chi connectivity index (χ3n) is 3.73. The predicted octanol–water partition coefficient (Wildman–Crippen LogP) is 3.66. The van der Waals surface area contributed by atoms with Crippen LogP contribution in [0.15, 0.2) is 54.6 Å². The van der Waals surface area contributed by atoms with Gasteiger partial charge in [0, 0.05) is 9.68 Å². The molecule has 0 unspecified atom stereocenters. The lowest BCUT2D eigenvalue weighted by Crippen LogP contribution is -2.14. The second kappa shape index (κ2) is 6.82. The molecule has 1 aromatic heterocycles. The molecule has 1 heterocycles. The lowest BCUT2D eigenvalue weighted by molar-refractivity contribution is -0.141. The maximum Gasteiger partial charge on any atom is 0.435 e. The van der Waals surface area contributed by atoms with E-state index < -0.39 is 34.5 Å². The number of hydrogen-bond donors (Lipinski definition) is 1. The molecule has 2 N–H and O–H groups in total. The average molecular weight is 398 g/mol. The molecule has 0 aliphatic rings. The fourth-order valence-electron chi connectivity index (χ4n) is 2.53. The highest BCUT2D eigenvalue weighted by Crippen LogP contribution is 2.33. The van der Waals surface area contributed by atoms with E-state index in [4.69, 9.17) is 9.25 Å². The van der Waals surface area contributed by atoms with Gasteiger partial charge in [0.05, 0.1) is 17.1 Å². The first kappa shape index (κ1) is 15.4. The van der Waals surface area contributed by atoms with E-state index in [9.17, 15) is 21.6 Å². The Morgan fingerprint density at radius 2 is 1.74 bits per heavy atom. The summed E-state index contributed by atoms with van der Waals surface area (Å²) < 4.78 is 85.4. The van der Waals surface area contributed by atoms with Gasteiger partial charge in [0.15, 0.2) is 5.69 Å². The molecular formula is C18H16F3N3O2S. The molecule has 0 atom stereocenters. The zero-order chi connectivity index (χ0) is 22.3. The molecule has 0 aliphatic heterocycles. The number of hydrogen-bond acceptors (Lipinski definition) is 3. The van der Waals surface area contributed by atoms with Gasteiger partial charge in [0.25, 0.3) is 0 Å². The minimum absolute atomic E-state index is 0.0562. The molecule has 0 spiro atoms. The summed E-state index contributed by atoms with van der Waals surface area (Å²) in [7, 11) is -3.75. The van der Waals surface area contributed by atoms with Crippen molar-refractivity contribution in [3.8, 4) is 16.9 Å². The van der Waals surface area contributed by atoms with Crippen molar-refractivity contribution >= 4 is 10.0 Å². The van der Waals surface area contributed by atoms with Crippen LogP contribution in [0.5, 0.6) is 0 Å². The van der Waals surface area contributed by atoms with Gasteiger partial charge in [-0.1, -0.05) is 42.0 Å². The van der Waals surface area contributed by atoms with Crippen molar-refractivity contribution in [3.05, 3.63) is 71.4 Å². The Labute approximate surface area is 158 Å². The third kappa shape index (κ3) is 4.55. The Hall–Kier alpha value is -2.65. The molecular weight excluding hydrogens is 379 g/mol. The van der Waals surface area contributed by atoms with E-state index in [0.29, 0.717) is 11.1 Å². The van der Waals surface area contributed by atoms with Crippen LogP contribution in [0.1, 0.15) is 20.9 Å². The van der Waals surface area contributed by atoms with Crippen LogP contribution in [0.3, 0.4) is 0 Å². The number of sulfonamides is 1. The van der Waals surface area contributed by atoms with Gasteiger partial charge < -0.3 is 0 Å². The minimum Gasteiger partial charge on any atom is -0.233 e. The van der Waals surface area contributed by atoms with E-state index >= 15 is 0 Å². The fraction of sp³-hybridized carbons (Fsp3) is 0.167. The van der Waals surface area contributed by atoms with Gasteiger partial charge in [-0.3, -0.25) is 0 Å². The van der Waals surface area contributed by atoms with Gasteiger partial charge in [-0.05, 0) is 30.6 Å². The molecule has 9 heteroatoms. The fourth-order valence-corrected chi connectivity index (χ4v) is 3.19. The largest absolute Gasteiger partial charge is 0.435 e. The Bertz CT molecular complexity index is 1150. The van der Waals surface area contributed by atoms with Crippen molar-refractivity contribution in [1.82, 2.24) is 9.78 Å². The van der Waals surface area contributed by atoms with E-state index in [1.54, 1.807) is 0 Å². The van der Waals surface area contributed by atoms with Crippen molar-refractivity contribution in [3.63, 3.8) is 0 Å². The van der Waals surface area contributed by atoms with E-state index in [-0.39, 0.29) is 16.9 Å².